The van der Waals surface area contributed by atoms with Gasteiger partial charge in [-0.15, -0.1) is 11.3 Å². The molecule has 1 aliphatic heterocycles. The van der Waals surface area contributed by atoms with Crippen molar-refractivity contribution < 1.29 is 14.3 Å². The molecule has 0 bridgehead atoms. The lowest BCUT2D eigenvalue weighted by Crippen LogP contribution is -2.45. The number of rotatable bonds is 7. The summed E-state index contributed by atoms with van der Waals surface area (Å²) in [4.78, 5) is 12.8. The number of morpholine rings is 1. The first kappa shape index (κ1) is 16.4. The molecular formula is C15H24N2O3S. The Bertz CT molecular complexity index is 419. The minimum Gasteiger partial charge on any atom is -0.469 e. The maximum absolute atomic E-state index is 11.6. The molecule has 118 valence electrons. The average molecular weight is 312 g/mol. The summed E-state index contributed by atoms with van der Waals surface area (Å²) in [6, 6.07) is 4.74. The normalized spacial score (nSPS) is 21.7. The van der Waals surface area contributed by atoms with Gasteiger partial charge in [0.2, 0.25) is 0 Å². The molecule has 0 aromatic carbocycles. The summed E-state index contributed by atoms with van der Waals surface area (Å²) in [6.07, 6.45) is 1.33. The topological polar surface area (TPSA) is 59.6 Å². The first-order chi connectivity index (χ1) is 10.2. The third-order valence-electron chi connectivity index (χ3n) is 3.61. The molecule has 0 aliphatic carbocycles. The fourth-order valence-corrected chi connectivity index (χ4v) is 3.38. The third-order valence-corrected chi connectivity index (χ3v) is 4.59. The van der Waals surface area contributed by atoms with Crippen LogP contribution < -0.4 is 10.6 Å². The molecule has 0 amide bonds. The molecule has 3 unspecified atom stereocenters. The predicted octanol–water partition coefficient (Wildman–Crippen LogP) is 1.71. The SMILES string of the molecule is COC(=O)CC(NC(C)CC1COCCN1)c1cccs1. The number of thiophene rings is 1. The molecule has 2 rings (SSSR count). The van der Waals surface area contributed by atoms with E-state index in [-0.39, 0.29) is 12.0 Å². The van der Waals surface area contributed by atoms with Gasteiger partial charge < -0.3 is 20.1 Å². The molecule has 3 atom stereocenters. The van der Waals surface area contributed by atoms with Crippen LogP contribution >= 0.6 is 11.3 Å². The monoisotopic (exact) mass is 312 g/mol. The number of ether oxygens (including phenoxy) is 2. The van der Waals surface area contributed by atoms with Crippen molar-refractivity contribution in [2.75, 3.05) is 26.9 Å². The van der Waals surface area contributed by atoms with Crippen molar-refractivity contribution in [1.29, 1.82) is 0 Å². The van der Waals surface area contributed by atoms with E-state index in [2.05, 4.69) is 23.6 Å². The van der Waals surface area contributed by atoms with Gasteiger partial charge >= 0.3 is 5.97 Å². The van der Waals surface area contributed by atoms with E-state index in [0.29, 0.717) is 18.5 Å². The summed E-state index contributed by atoms with van der Waals surface area (Å²) in [6.45, 7) is 4.60. The molecule has 21 heavy (non-hydrogen) atoms. The van der Waals surface area contributed by atoms with Gasteiger partial charge in [0.1, 0.15) is 0 Å². The van der Waals surface area contributed by atoms with E-state index in [1.807, 2.05) is 11.4 Å². The lowest BCUT2D eigenvalue weighted by Gasteiger charge is -2.28. The summed E-state index contributed by atoms with van der Waals surface area (Å²) >= 11 is 1.66. The molecule has 1 aromatic heterocycles. The highest BCUT2D eigenvalue weighted by Gasteiger charge is 2.22. The zero-order valence-corrected chi connectivity index (χ0v) is 13.4. The first-order valence-electron chi connectivity index (χ1n) is 7.36. The maximum Gasteiger partial charge on any atom is 0.307 e. The molecule has 0 radical (unpaired) electrons. The van der Waals surface area contributed by atoms with Crippen LogP contribution in [0.3, 0.4) is 0 Å². The summed E-state index contributed by atoms with van der Waals surface area (Å²) < 4.78 is 10.3. The Hall–Kier alpha value is -0.950. The standard InChI is InChI=1S/C15H24N2O3S/c1-11(8-12-10-20-6-5-16-12)17-13(9-15(18)19-2)14-4-3-7-21-14/h3-4,7,11-13,16-17H,5-6,8-10H2,1-2H3. The highest BCUT2D eigenvalue weighted by atomic mass is 32.1. The van der Waals surface area contributed by atoms with Crippen molar-refractivity contribution in [2.24, 2.45) is 0 Å². The predicted molar refractivity (Wildman–Crippen MR) is 83.5 cm³/mol. The molecule has 1 fully saturated rings. The zero-order valence-electron chi connectivity index (χ0n) is 12.6. The third kappa shape index (κ3) is 5.39. The molecular weight excluding hydrogens is 288 g/mol. The number of carbonyl (C=O) groups excluding carboxylic acids is 1. The van der Waals surface area contributed by atoms with Gasteiger partial charge in [0, 0.05) is 23.5 Å². The molecule has 5 nitrogen and oxygen atoms in total. The number of hydrogen-bond donors (Lipinski definition) is 2. The summed E-state index contributed by atoms with van der Waals surface area (Å²) in [7, 11) is 1.43. The molecule has 1 aromatic rings. The van der Waals surface area contributed by atoms with Gasteiger partial charge in [0.05, 0.1) is 32.8 Å². The van der Waals surface area contributed by atoms with Crippen LogP contribution in [0.15, 0.2) is 17.5 Å². The Morgan fingerprint density at radius 1 is 1.67 bits per heavy atom. The number of carbonyl (C=O) groups is 1. The van der Waals surface area contributed by atoms with Crippen LogP contribution in [0.4, 0.5) is 0 Å². The van der Waals surface area contributed by atoms with Gasteiger partial charge in [-0.05, 0) is 24.8 Å². The van der Waals surface area contributed by atoms with E-state index >= 15 is 0 Å². The molecule has 0 spiro atoms. The number of methoxy groups -OCH3 is 1. The van der Waals surface area contributed by atoms with Crippen molar-refractivity contribution in [2.45, 2.75) is 37.9 Å². The van der Waals surface area contributed by atoms with Crippen LogP contribution in [-0.2, 0) is 14.3 Å². The van der Waals surface area contributed by atoms with Crippen LogP contribution in [0.25, 0.3) is 0 Å². The Balaban J connectivity index is 1.89. The molecule has 0 saturated carbocycles. The van der Waals surface area contributed by atoms with Crippen LogP contribution in [0, 0.1) is 0 Å². The van der Waals surface area contributed by atoms with Gasteiger partial charge in [-0.3, -0.25) is 4.79 Å². The number of esters is 1. The van der Waals surface area contributed by atoms with Gasteiger partial charge in [0.25, 0.3) is 0 Å². The second-order valence-electron chi connectivity index (χ2n) is 5.38. The van der Waals surface area contributed by atoms with E-state index in [9.17, 15) is 4.79 Å². The van der Waals surface area contributed by atoms with Crippen LogP contribution in [0.5, 0.6) is 0 Å². The molecule has 2 N–H and O–H groups in total. The van der Waals surface area contributed by atoms with Gasteiger partial charge in [-0.25, -0.2) is 0 Å². The van der Waals surface area contributed by atoms with E-state index in [1.54, 1.807) is 11.3 Å². The van der Waals surface area contributed by atoms with Crippen molar-refractivity contribution in [3.63, 3.8) is 0 Å². The second-order valence-corrected chi connectivity index (χ2v) is 6.36. The van der Waals surface area contributed by atoms with Crippen LogP contribution in [-0.4, -0.2) is 44.9 Å². The van der Waals surface area contributed by atoms with Gasteiger partial charge in [-0.1, -0.05) is 6.07 Å². The Morgan fingerprint density at radius 2 is 2.52 bits per heavy atom. The summed E-state index contributed by atoms with van der Waals surface area (Å²) in [5.74, 6) is -0.188. The fourth-order valence-electron chi connectivity index (χ4n) is 2.59. The van der Waals surface area contributed by atoms with Crippen molar-refractivity contribution in [1.82, 2.24) is 10.6 Å². The molecule has 6 heteroatoms. The smallest absolute Gasteiger partial charge is 0.307 e. The largest absolute Gasteiger partial charge is 0.469 e. The lowest BCUT2D eigenvalue weighted by molar-refractivity contribution is -0.141. The number of nitrogens with one attached hydrogen (secondary N) is 2. The Kier molecular flexibility index (Phi) is 6.63. The van der Waals surface area contributed by atoms with Crippen LogP contribution in [0.2, 0.25) is 0 Å². The van der Waals surface area contributed by atoms with E-state index < -0.39 is 0 Å². The minimum atomic E-state index is -0.188. The highest BCUT2D eigenvalue weighted by molar-refractivity contribution is 7.10. The molecule has 1 saturated heterocycles. The fraction of sp³-hybridized carbons (Fsp3) is 0.667. The highest BCUT2D eigenvalue weighted by Crippen LogP contribution is 2.23. The Labute approximate surface area is 130 Å². The summed E-state index contributed by atoms with van der Waals surface area (Å²) in [5.41, 5.74) is 0. The first-order valence-corrected chi connectivity index (χ1v) is 8.24. The van der Waals surface area contributed by atoms with E-state index in [4.69, 9.17) is 9.47 Å². The quantitative estimate of drug-likeness (QED) is 0.751. The van der Waals surface area contributed by atoms with Gasteiger partial charge in [0.15, 0.2) is 0 Å². The van der Waals surface area contributed by atoms with Crippen molar-refractivity contribution in [3.8, 4) is 0 Å². The number of hydrogen-bond acceptors (Lipinski definition) is 6. The van der Waals surface area contributed by atoms with Gasteiger partial charge in [-0.2, -0.15) is 0 Å². The van der Waals surface area contributed by atoms with Crippen LogP contribution in [0.1, 0.15) is 30.7 Å². The lowest BCUT2D eigenvalue weighted by atomic mass is 10.1. The van der Waals surface area contributed by atoms with Crippen molar-refractivity contribution in [3.05, 3.63) is 22.4 Å². The zero-order chi connectivity index (χ0) is 15.1. The Morgan fingerprint density at radius 3 is 3.14 bits per heavy atom. The maximum atomic E-state index is 11.6. The summed E-state index contributed by atoms with van der Waals surface area (Å²) in [5, 5.41) is 9.03. The molecule has 2 heterocycles. The molecule has 1 aliphatic rings. The van der Waals surface area contributed by atoms with E-state index in [0.717, 1.165) is 26.2 Å². The second kappa shape index (κ2) is 8.48. The average Bonchev–Trinajstić information content (AvgIpc) is 3.01. The van der Waals surface area contributed by atoms with E-state index in [1.165, 1.54) is 12.0 Å². The minimum absolute atomic E-state index is 0.0111. The van der Waals surface area contributed by atoms with Crippen molar-refractivity contribution >= 4 is 17.3 Å².